The molecule has 0 aliphatic carbocycles. The van der Waals surface area contributed by atoms with Crippen LogP contribution in [0.4, 0.5) is 0 Å². The van der Waals surface area contributed by atoms with E-state index in [-0.39, 0.29) is 26.1 Å². The van der Waals surface area contributed by atoms with Crippen molar-refractivity contribution in [2.45, 2.75) is 256 Å². The van der Waals surface area contributed by atoms with Crippen LogP contribution in [0.1, 0.15) is 219 Å². The number of hydrogen-bond acceptors (Lipinski definition) is 10. The summed E-state index contributed by atoms with van der Waals surface area (Å²) in [4.78, 5) is 25.4. The number of carbonyl (C=O) groups is 2. The number of ether oxygens (including phenoxy) is 4. The second-order valence-corrected chi connectivity index (χ2v) is 18.0. The van der Waals surface area contributed by atoms with E-state index >= 15 is 0 Å². The maximum absolute atomic E-state index is 12.8. The summed E-state index contributed by atoms with van der Waals surface area (Å²) >= 11 is 0. The van der Waals surface area contributed by atoms with E-state index in [9.17, 15) is 30.0 Å². The average molecular weight is 917 g/mol. The maximum atomic E-state index is 12.8. The molecule has 1 aliphatic heterocycles. The topological polar surface area (TPSA) is 152 Å². The first-order chi connectivity index (χ1) is 31.8. The number of hydrogen-bond donors (Lipinski definition) is 4. The number of allylic oxidation sites excluding steroid dienone is 10. The van der Waals surface area contributed by atoms with E-state index in [1.54, 1.807) is 0 Å². The number of aliphatic hydroxyl groups is 4. The minimum Gasteiger partial charge on any atom is -0.462 e. The van der Waals surface area contributed by atoms with Crippen molar-refractivity contribution in [3.63, 3.8) is 0 Å². The van der Waals surface area contributed by atoms with Gasteiger partial charge in [-0.3, -0.25) is 9.59 Å². The molecule has 0 aromatic heterocycles. The van der Waals surface area contributed by atoms with E-state index in [0.717, 1.165) is 44.9 Å². The van der Waals surface area contributed by atoms with Gasteiger partial charge in [0.15, 0.2) is 12.4 Å². The van der Waals surface area contributed by atoms with Crippen molar-refractivity contribution in [1.82, 2.24) is 0 Å². The van der Waals surface area contributed by atoms with Crippen LogP contribution in [0.25, 0.3) is 0 Å². The van der Waals surface area contributed by atoms with Crippen LogP contribution < -0.4 is 0 Å². The van der Waals surface area contributed by atoms with Gasteiger partial charge in [-0.05, 0) is 51.4 Å². The highest BCUT2D eigenvalue weighted by atomic mass is 16.7. The van der Waals surface area contributed by atoms with Crippen LogP contribution in [-0.4, -0.2) is 89.0 Å². The van der Waals surface area contributed by atoms with E-state index in [2.05, 4.69) is 62.5 Å². The summed E-state index contributed by atoms with van der Waals surface area (Å²) in [6.07, 6.45) is 49.6. The van der Waals surface area contributed by atoms with Crippen molar-refractivity contribution in [1.29, 1.82) is 0 Å². The molecule has 6 atom stereocenters. The van der Waals surface area contributed by atoms with Crippen LogP contribution in [0.2, 0.25) is 0 Å². The Morgan fingerprint density at radius 2 is 0.892 bits per heavy atom. The van der Waals surface area contributed by atoms with E-state index < -0.39 is 55.4 Å². The Bertz CT molecular complexity index is 1240. The standard InChI is InChI=1S/C55H96O10/c1-3-5-7-9-11-13-15-17-19-21-23-24-26-28-30-32-34-36-38-40-42-44-51(58)64-48(47-63-55-54(61)53(60)52(59)49(45-56)65-55)46-62-50(57)43-41-39-37-35-33-31-29-27-25-22-20-18-16-14-12-10-8-6-4-2/h12,14,18,20,25,27,31,33,37,39,48-49,52-56,59-61H,3-11,13,15-17,19,21-24,26,28-30,32,34-36,38,40-47H2,1-2H3/b14-12+,20-18+,27-25+,33-31+,39-37+/t48-,49-,52+,53?,54?,55-/m1/s1. The van der Waals surface area contributed by atoms with Gasteiger partial charge in [0.2, 0.25) is 0 Å². The Labute approximate surface area is 396 Å². The summed E-state index contributed by atoms with van der Waals surface area (Å²) in [6.45, 7) is 3.35. The molecule has 10 nitrogen and oxygen atoms in total. The first kappa shape index (κ1) is 60.4. The lowest BCUT2D eigenvalue weighted by Gasteiger charge is -2.39. The first-order valence-corrected chi connectivity index (χ1v) is 26.4. The molecule has 376 valence electrons. The van der Waals surface area contributed by atoms with E-state index in [4.69, 9.17) is 18.9 Å². The van der Waals surface area contributed by atoms with E-state index in [1.165, 1.54) is 135 Å². The van der Waals surface area contributed by atoms with Crippen LogP contribution in [0.15, 0.2) is 60.8 Å². The molecule has 2 unspecified atom stereocenters. The summed E-state index contributed by atoms with van der Waals surface area (Å²) < 4.78 is 22.2. The fourth-order valence-electron chi connectivity index (χ4n) is 7.76. The summed E-state index contributed by atoms with van der Waals surface area (Å²) in [5.41, 5.74) is 0. The van der Waals surface area contributed by atoms with Crippen LogP contribution in [0.5, 0.6) is 0 Å². The van der Waals surface area contributed by atoms with Crippen molar-refractivity contribution in [3.05, 3.63) is 60.8 Å². The van der Waals surface area contributed by atoms with Gasteiger partial charge in [-0.1, -0.05) is 216 Å². The predicted molar refractivity (Wildman–Crippen MR) is 265 cm³/mol. The van der Waals surface area contributed by atoms with Crippen molar-refractivity contribution in [2.24, 2.45) is 0 Å². The monoisotopic (exact) mass is 917 g/mol. The molecule has 0 spiro atoms. The molecule has 10 heteroatoms. The lowest BCUT2D eigenvalue weighted by molar-refractivity contribution is -0.305. The molecule has 0 saturated carbocycles. The molecule has 1 saturated heterocycles. The number of aliphatic hydroxyl groups excluding tert-OH is 4. The molecule has 0 radical (unpaired) electrons. The lowest BCUT2D eigenvalue weighted by Crippen LogP contribution is -2.59. The molecule has 65 heavy (non-hydrogen) atoms. The molecule has 1 fully saturated rings. The molecule has 0 aromatic rings. The van der Waals surface area contributed by atoms with Crippen LogP contribution in [0.3, 0.4) is 0 Å². The quantitative estimate of drug-likeness (QED) is 0.0264. The zero-order valence-corrected chi connectivity index (χ0v) is 41.2. The van der Waals surface area contributed by atoms with Crippen LogP contribution in [0, 0.1) is 0 Å². The highest BCUT2D eigenvalue weighted by Crippen LogP contribution is 2.23. The normalized spacial score (nSPS) is 19.8. The third-order valence-electron chi connectivity index (χ3n) is 11.9. The summed E-state index contributed by atoms with van der Waals surface area (Å²) in [6, 6.07) is 0. The van der Waals surface area contributed by atoms with Gasteiger partial charge in [0.25, 0.3) is 0 Å². The third kappa shape index (κ3) is 36.2. The number of unbranched alkanes of at least 4 members (excludes halogenated alkanes) is 23. The molecule has 0 amide bonds. The fraction of sp³-hybridized carbons (Fsp3) is 0.782. The smallest absolute Gasteiger partial charge is 0.306 e. The zero-order chi connectivity index (χ0) is 47.3. The molecule has 1 aliphatic rings. The minimum atomic E-state index is -1.61. The van der Waals surface area contributed by atoms with E-state index in [1.807, 2.05) is 12.2 Å². The Kier molecular flexibility index (Phi) is 42.0. The fourth-order valence-corrected chi connectivity index (χ4v) is 7.76. The second kappa shape index (κ2) is 45.2. The predicted octanol–water partition coefficient (Wildman–Crippen LogP) is 12.6. The average Bonchev–Trinajstić information content (AvgIpc) is 3.30. The lowest BCUT2D eigenvalue weighted by atomic mass is 9.99. The molecule has 1 rings (SSSR count). The largest absolute Gasteiger partial charge is 0.462 e. The van der Waals surface area contributed by atoms with Gasteiger partial charge in [0, 0.05) is 12.8 Å². The Morgan fingerprint density at radius 3 is 1.35 bits per heavy atom. The van der Waals surface area contributed by atoms with Gasteiger partial charge in [-0.15, -0.1) is 0 Å². The first-order valence-electron chi connectivity index (χ1n) is 26.4. The summed E-state index contributed by atoms with van der Waals surface area (Å²) in [5.74, 6) is -0.897. The minimum absolute atomic E-state index is 0.152. The van der Waals surface area contributed by atoms with Gasteiger partial charge in [0.05, 0.1) is 13.2 Å². The number of rotatable bonds is 44. The molecule has 0 aromatic carbocycles. The summed E-state index contributed by atoms with van der Waals surface area (Å²) in [7, 11) is 0. The number of esters is 2. The highest BCUT2D eigenvalue weighted by Gasteiger charge is 2.44. The van der Waals surface area contributed by atoms with Crippen molar-refractivity contribution < 1.29 is 49.0 Å². The maximum Gasteiger partial charge on any atom is 0.306 e. The van der Waals surface area contributed by atoms with Gasteiger partial charge in [-0.2, -0.15) is 0 Å². The van der Waals surface area contributed by atoms with Crippen molar-refractivity contribution in [2.75, 3.05) is 19.8 Å². The third-order valence-corrected chi connectivity index (χ3v) is 11.9. The molecule has 0 bridgehead atoms. The second-order valence-electron chi connectivity index (χ2n) is 18.0. The van der Waals surface area contributed by atoms with Gasteiger partial charge < -0.3 is 39.4 Å². The van der Waals surface area contributed by atoms with Gasteiger partial charge >= 0.3 is 11.9 Å². The molecule has 1 heterocycles. The highest BCUT2D eigenvalue weighted by molar-refractivity contribution is 5.70. The number of carbonyl (C=O) groups excluding carboxylic acids is 2. The van der Waals surface area contributed by atoms with Crippen LogP contribution >= 0.6 is 0 Å². The molecule has 4 N–H and O–H groups in total. The molecular weight excluding hydrogens is 821 g/mol. The zero-order valence-electron chi connectivity index (χ0n) is 41.2. The van der Waals surface area contributed by atoms with Crippen molar-refractivity contribution in [3.8, 4) is 0 Å². The Hall–Kier alpha value is -2.60. The Morgan fingerprint density at radius 1 is 0.477 bits per heavy atom. The van der Waals surface area contributed by atoms with Gasteiger partial charge in [-0.25, -0.2) is 0 Å². The van der Waals surface area contributed by atoms with Crippen molar-refractivity contribution >= 4 is 11.9 Å². The Balaban J connectivity index is 2.30. The molecular formula is C55H96O10. The van der Waals surface area contributed by atoms with Gasteiger partial charge in [0.1, 0.15) is 31.0 Å². The SMILES string of the molecule is CCCCC/C=C/C/C=C/C/C=C/C/C=C/C/C=C/CCC(=O)OC[C@H](CO[C@@H]1O[C@H](CO)[C@H](O)C(O)C1O)OC(=O)CCCCCCCCCCCCCCCCCCCCCCC. The van der Waals surface area contributed by atoms with E-state index in [0.29, 0.717) is 12.8 Å². The summed E-state index contributed by atoms with van der Waals surface area (Å²) in [5, 5.41) is 40.2. The van der Waals surface area contributed by atoms with Crippen LogP contribution in [-0.2, 0) is 28.5 Å².